The van der Waals surface area contributed by atoms with Crippen LogP contribution in [0.4, 0.5) is 29.2 Å². The first kappa shape index (κ1) is 30.1. The van der Waals surface area contributed by atoms with Crippen molar-refractivity contribution in [3.8, 4) is 11.5 Å². The number of rotatable bonds is 9. The first-order valence-electron chi connectivity index (χ1n) is 14.0. The van der Waals surface area contributed by atoms with Crippen LogP contribution >= 0.6 is 0 Å². The number of nitrogens with one attached hydrogen (secondary N) is 2. The number of benzene rings is 2. The van der Waals surface area contributed by atoms with Gasteiger partial charge in [-0.2, -0.15) is 0 Å². The van der Waals surface area contributed by atoms with Gasteiger partial charge in [-0.3, -0.25) is 9.78 Å². The Morgan fingerprint density at radius 2 is 1.84 bits per heavy atom. The summed E-state index contributed by atoms with van der Waals surface area (Å²) in [5, 5.41) is 5.86. The number of alkyl halides is 3. The number of carbonyl (C=O) groups excluding carboxylic acids is 1. The molecule has 1 aliphatic carbocycles. The Morgan fingerprint density at radius 1 is 1.09 bits per heavy atom. The van der Waals surface area contributed by atoms with Crippen LogP contribution in [0.1, 0.15) is 51.8 Å². The highest BCUT2D eigenvalue weighted by atomic mass is 19.4. The fourth-order valence-electron chi connectivity index (χ4n) is 5.92. The normalized spacial score (nSPS) is 18.3. The highest BCUT2D eigenvalue weighted by molar-refractivity contribution is 5.82. The molecule has 4 aromatic rings. The molecule has 12 heteroatoms. The van der Waals surface area contributed by atoms with Crippen molar-refractivity contribution >= 4 is 28.6 Å². The van der Waals surface area contributed by atoms with Gasteiger partial charge in [-0.05, 0) is 79.1 Å². The van der Waals surface area contributed by atoms with Crippen LogP contribution in [0.2, 0.25) is 0 Å². The molecule has 0 spiro atoms. The minimum absolute atomic E-state index is 0.0627. The topological polar surface area (TPSA) is 90.3 Å². The van der Waals surface area contributed by atoms with Gasteiger partial charge in [-0.25, -0.2) is 9.37 Å². The van der Waals surface area contributed by atoms with Crippen LogP contribution in [0, 0.1) is 17.2 Å². The van der Waals surface area contributed by atoms with Gasteiger partial charge in [0.15, 0.2) is 6.61 Å². The van der Waals surface area contributed by atoms with Crippen molar-refractivity contribution in [3.63, 3.8) is 0 Å². The summed E-state index contributed by atoms with van der Waals surface area (Å²) in [5.74, 6) is 0.198. The molecule has 2 N–H and O–H groups in total. The second-order valence-corrected chi connectivity index (χ2v) is 11.7. The van der Waals surface area contributed by atoms with Gasteiger partial charge >= 0.3 is 6.36 Å². The molecule has 0 bridgehead atoms. The van der Waals surface area contributed by atoms with E-state index in [1.807, 2.05) is 6.07 Å². The van der Waals surface area contributed by atoms with Gasteiger partial charge in [0.1, 0.15) is 17.3 Å². The molecule has 2 aromatic heterocycles. The molecule has 0 radical (unpaired) electrons. The van der Waals surface area contributed by atoms with Crippen molar-refractivity contribution in [3.05, 3.63) is 72.3 Å². The number of halogens is 4. The number of fused-ring (bicyclic) bond motifs is 1. The number of hydrogen-bond acceptors (Lipinski definition) is 6. The monoisotopic (exact) mass is 599 g/mol. The Hall–Kier alpha value is -4.35. The van der Waals surface area contributed by atoms with Crippen LogP contribution in [0.15, 0.2) is 60.8 Å². The van der Waals surface area contributed by atoms with E-state index < -0.39 is 18.1 Å². The lowest BCUT2D eigenvalue weighted by Gasteiger charge is -2.40. The fraction of sp³-hybridized carbons (Fsp3) is 0.387. The van der Waals surface area contributed by atoms with E-state index in [2.05, 4.69) is 45.7 Å². The number of anilines is 2. The van der Waals surface area contributed by atoms with Crippen LogP contribution < -0.4 is 20.1 Å². The Morgan fingerprint density at radius 3 is 2.53 bits per heavy atom. The lowest BCUT2D eigenvalue weighted by atomic mass is 9.70. The summed E-state index contributed by atoms with van der Waals surface area (Å²) in [7, 11) is 0. The van der Waals surface area contributed by atoms with Gasteiger partial charge < -0.3 is 24.7 Å². The summed E-state index contributed by atoms with van der Waals surface area (Å²) in [6.07, 6.45) is -0.356. The largest absolute Gasteiger partial charge is 0.573 e. The summed E-state index contributed by atoms with van der Waals surface area (Å²) >= 11 is 0. The Labute approximate surface area is 246 Å². The predicted octanol–water partition coefficient (Wildman–Crippen LogP) is 7.30. The van der Waals surface area contributed by atoms with Crippen molar-refractivity contribution < 1.29 is 31.8 Å². The third-order valence-electron chi connectivity index (χ3n) is 7.39. The fourth-order valence-corrected chi connectivity index (χ4v) is 5.92. The van der Waals surface area contributed by atoms with Gasteiger partial charge in [0.2, 0.25) is 5.95 Å². The molecule has 2 aromatic carbocycles. The Balaban J connectivity index is 1.36. The van der Waals surface area contributed by atoms with Crippen LogP contribution in [-0.2, 0) is 11.3 Å². The molecule has 8 nitrogen and oxygen atoms in total. The Kier molecular flexibility index (Phi) is 8.48. The van der Waals surface area contributed by atoms with E-state index in [9.17, 15) is 22.4 Å². The molecule has 0 saturated heterocycles. The van der Waals surface area contributed by atoms with Gasteiger partial charge in [0, 0.05) is 24.0 Å². The van der Waals surface area contributed by atoms with Crippen molar-refractivity contribution in [2.24, 2.45) is 11.3 Å². The number of imidazole rings is 1. The molecule has 1 aliphatic rings. The lowest BCUT2D eigenvalue weighted by molar-refractivity contribution is -0.274. The van der Waals surface area contributed by atoms with Gasteiger partial charge in [-0.1, -0.05) is 20.8 Å². The quantitative estimate of drug-likeness (QED) is 0.196. The van der Waals surface area contributed by atoms with E-state index in [1.54, 1.807) is 12.1 Å². The van der Waals surface area contributed by atoms with Crippen LogP contribution in [0.3, 0.4) is 0 Å². The highest BCUT2D eigenvalue weighted by Crippen LogP contribution is 2.46. The molecular formula is C31H33F4N5O3. The standard InChI is InChI=1S/C31H33F4N5O3/c1-19-13-21(16-30(2,3)15-19)40-27-11-10-23(42-18-28(41)37-17-26-24(32)5-4-12-36-26)14-25(27)39-29(40)38-20-6-8-22(9-7-20)43-31(33,34)35/h4-12,14,19,21H,13,15-18H2,1-3H3,(H,37,41)(H,38,39). The van der Waals surface area contributed by atoms with E-state index in [0.29, 0.717) is 28.8 Å². The van der Waals surface area contributed by atoms with Crippen molar-refractivity contribution in [2.45, 2.75) is 59.0 Å². The van der Waals surface area contributed by atoms with Crippen molar-refractivity contribution in [1.82, 2.24) is 19.9 Å². The first-order chi connectivity index (χ1) is 20.3. The lowest BCUT2D eigenvalue weighted by Crippen LogP contribution is -2.29. The molecular weight excluding hydrogens is 566 g/mol. The van der Waals surface area contributed by atoms with E-state index in [0.717, 1.165) is 24.8 Å². The first-order valence-corrected chi connectivity index (χ1v) is 14.0. The molecule has 2 atom stereocenters. The molecule has 5 rings (SSSR count). The molecule has 1 amide bonds. The number of nitrogens with zero attached hydrogens (tertiary/aromatic N) is 3. The maximum atomic E-state index is 13.8. The number of amides is 1. The SMILES string of the molecule is CC1CC(n2c(Nc3ccc(OC(F)(F)F)cc3)nc3cc(OCC(=O)NCc4ncccc4F)ccc32)CC(C)(C)C1. The second kappa shape index (κ2) is 12.1. The van der Waals surface area contributed by atoms with Gasteiger partial charge in [0.25, 0.3) is 5.91 Å². The highest BCUT2D eigenvalue weighted by Gasteiger charge is 2.35. The number of hydrogen-bond donors (Lipinski definition) is 2. The molecule has 1 fully saturated rings. The maximum absolute atomic E-state index is 13.8. The van der Waals surface area contributed by atoms with E-state index >= 15 is 0 Å². The van der Waals surface area contributed by atoms with Gasteiger partial charge in [0.05, 0.1) is 23.3 Å². The minimum atomic E-state index is -4.77. The smallest absolute Gasteiger partial charge is 0.484 e. The third kappa shape index (κ3) is 7.74. The number of carbonyl (C=O) groups is 1. The molecule has 2 unspecified atom stereocenters. The summed E-state index contributed by atoms with van der Waals surface area (Å²) in [6, 6.07) is 13.7. The molecule has 43 heavy (non-hydrogen) atoms. The van der Waals surface area contributed by atoms with Crippen LogP contribution in [0.25, 0.3) is 11.0 Å². The average Bonchev–Trinajstić information content (AvgIpc) is 3.27. The molecule has 2 heterocycles. The Bertz CT molecular complexity index is 1590. The van der Waals surface area contributed by atoms with E-state index in [-0.39, 0.29) is 36.1 Å². The maximum Gasteiger partial charge on any atom is 0.573 e. The number of aromatic nitrogens is 3. The predicted molar refractivity (Wildman–Crippen MR) is 154 cm³/mol. The average molecular weight is 600 g/mol. The molecule has 0 aliphatic heterocycles. The zero-order valence-corrected chi connectivity index (χ0v) is 24.0. The zero-order chi connectivity index (χ0) is 30.8. The summed E-state index contributed by atoms with van der Waals surface area (Å²) < 4.78 is 63.5. The number of ether oxygens (including phenoxy) is 2. The van der Waals surface area contributed by atoms with Gasteiger partial charge in [-0.15, -0.1) is 13.2 Å². The van der Waals surface area contributed by atoms with Crippen LogP contribution in [0.5, 0.6) is 11.5 Å². The van der Waals surface area contributed by atoms with Crippen molar-refractivity contribution in [2.75, 3.05) is 11.9 Å². The molecule has 1 saturated carbocycles. The number of pyridine rings is 1. The van der Waals surface area contributed by atoms with E-state index in [4.69, 9.17) is 9.72 Å². The van der Waals surface area contributed by atoms with Crippen molar-refractivity contribution in [1.29, 1.82) is 0 Å². The third-order valence-corrected chi connectivity index (χ3v) is 7.39. The second-order valence-electron chi connectivity index (χ2n) is 11.7. The summed E-state index contributed by atoms with van der Waals surface area (Å²) in [4.78, 5) is 21.1. The molecule has 228 valence electrons. The van der Waals surface area contributed by atoms with E-state index in [1.165, 1.54) is 42.6 Å². The summed E-state index contributed by atoms with van der Waals surface area (Å²) in [5.41, 5.74) is 2.28. The minimum Gasteiger partial charge on any atom is -0.484 e. The summed E-state index contributed by atoms with van der Waals surface area (Å²) in [6.45, 7) is 6.39. The van der Waals surface area contributed by atoms with Crippen LogP contribution in [-0.4, -0.2) is 33.4 Å². The zero-order valence-electron chi connectivity index (χ0n) is 24.0.